The van der Waals surface area contributed by atoms with Crippen molar-refractivity contribution in [2.75, 3.05) is 13.6 Å². The van der Waals surface area contributed by atoms with Crippen molar-refractivity contribution in [2.24, 2.45) is 0 Å². The van der Waals surface area contributed by atoms with Crippen molar-refractivity contribution in [2.45, 2.75) is 31.3 Å². The van der Waals surface area contributed by atoms with E-state index in [1.165, 1.54) is 24.1 Å². The smallest absolute Gasteiger partial charge is 0.123 e. The largest absolute Gasteiger partial charge is 0.316 e. The lowest BCUT2D eigenvalue weighted by molar-refractivity contribution is 0.540. The molecule has 0 saturated carbocycles. The molecule has 0 aromatic heterocycles. The highest BCUT2D eigenvalue weighted by Gasteiger charge is 2.21. The van der Waals surface area contributed by atoms with Gasteiger partial charge in [-0.2, -0.15) is 0 Å². The number of aryl methyl sites for hydroxylation is 1. The number of nitrogens with one attached hydrogen (secondary N) is 2. The lowest BCUT2D eigenvalue weighted by atomic mass is 10.0. The highest BCUT2D eigenvalue weighted by Crippen LogP contribution is 2.13. The Morgan fingerprint density at radius 2 is 2.12 bits per heavy atom. The lowest BCUT2D eigenvalue weighted by Crippen LogP contribution is -2.27. The Hall–Kier alpha value is -0.930. The van der Waals surface area contributed by atoms with Crippen molar-refractivity contribution in [3.8, 4) is 0 Å². The van der Waals surface area contributed by atoms with Gasteiger partial charge < -0.3 is 10.6 Å². The van der Waals surface area contributed by atoms with Crippen molar-refractivity contribution in [1.82, 2.24) is 10.6 Å². The first-order valence-corrected chi connectivity index (χ1v) is 5.93. The van der Waals surface area contributed by atoms with Gasteiger partial charge in [0.1, 0.15) is 5.82 Å². The van der Waals surface area contributed by atoms with Crippen LogP contribution in [-0.2, 0) is 6.42 Å². The molecule has 0 spiro atoms. The summed E-state index contributed by atoms with van der Waals surface area (Å²) in [4.78, 5) is 0. The fourth-order valence-corrected chi connectivity index (χ4v) is 2.25. The van der Waals surface area contributed by atoms with Crippen molar-refractivity contribution in [3.05, 3.63) is 35.6 Å². The van der Waals surface area contributed by atoms with Crippen molar-refractivity contribution in [3.63, 3.8) is 0 Å². The molecule has 0 amide bonds. The van der Waals surface area contributed by atoms with E-state index < -0.39 is 0 Å². The predicted molar refractivity (Wildman–Crippen MR) is 64.0 cm³/mol. The molecule has 16 heavy (non-hydrogen) atoms. The molecule has 2 N–H and O–H groups in total. The minimum absolute atomic E-state index is 0.155. The zero-order chi connectivity index (χ0) is 11.4. The maximum Gasteiger partial charge on any atom is 0.123 e. The van der Waals surface area contributed by atoms with Crippen molar-refractivity contribution >= 4 is 0 Å². The van der Waals surface area contributed by atoms with Crippen molar-refractivity contribution in [1.29, 1.82) is 0 Å². The molecule has 3 heteroatoms. The lowest BCUT2D eigenvalue weighted by Gasteiger charge is -2.10. The molecule has 88 valence electrons. The minimum atomic E-state index is -0.155. The summed E-state index contributed by atoms with van der Waals surface area (Å²) < 4.78 is 12.7. The summed E-state index contributed by atoms with van der Waals surface area (Å²) >= 11 is 0. The van der Waals surface area contributed by atoms with Crippen LogP contribution in [-0.4, -0.2) is 25.7 Å². The van der Waals surface area contributed by atoms with Crippen LogP contribution in [0, 0.1) is 5.82 Å². The predicted octanol–water partition coefficient (Wildman–Crippen LogP) is 1.71. The second-order valence-electron chi connectivity index (χ2n) is 4.49. The van der Waals surface area contributed by atoms with Gasteiger partial charge in [-0.15, -0.1) is 0 Å². The van der Waals surface area contributed by atoms with Crippen LogP contribution in [0.5, 0.6) is 0 Å². The topological polar surface area (TPSA) is 24.1 Å². The summed E-state index contributed by atoms with van der Waals surface area (Å²) in [6.45, 7) is 1.06. The quantitative estimate of drug-likeness (QED) is 0.810. The average molecular weight is 222 g/mol. The van der Waals surface area contributed by atoms with Gasteiger partial charge in [0, 0.05) is 18.6 Å². The van der Waals surface area contributed by atoms with E-state index in [0.717, 1.165) is 19.4 Å². The van der Waals surface area contributed by atoms with Gasteiger partial charge in [-0.05, 0) is 44.0 Å². The van der Waals surface area contributed by atoms with E-state index in [0.29, 0.717) is 12.1 Å². The van der Waals surface area contributed by atoms with Crippen LogP contribution in [0.25, 0.3) is 0 Å². The second kappa shape index (κ2) is 5.41. The molecule has 1 aliphatic rings. The summed E-state index contributed by atoms with van der Waals surface area (Å²) in [6.07, 6.45) is 3.34. The standard InChI is InChI=1S/C13H19FN2/c1-15-13-8-12(16-9-13)7-4-10-2-5-11(14)6-3-10/h2-3,5-6,12-13,15-16H,4,7-9H2,1H3. The Morgan fingerprint density at radius 1 is 1.38 bits per heavy atom. The van der Waals surface area contributed by atoms with Crippen molar-refractivity contribution < 1.29 is 4.39 Å². The Bertz CT molecular complexity index is 323. The molecule has 1 aromatic rings. The van der Waals surface area contributed by atoms with Gasteiger partial charge in [0.2, 0.25) is 0 Å². The van der Waals surface area contributed by atoms with Gasteiger partial charge in [0.25, 0.3) is 0 Å². The molecular formula is C13H19FN2. The average Bonchev–Trinajstić information content (AvgIpc) is 2.76. The molecule has 1 saturated heterocycles. The molecule has 1 heterocycles. The molecule has 1 aliphatic heterocycles. The van der Waals surface area contributed by atoms with Crippen LogP contribution in [0.2, 0.25) is 0 Å². The highest BCUT2D eigenvalue weighted by molar-refractivity contribution is 5.16. The van der Waals surface area contributed by atoms with Crippen LogP contribution in [0.15, 0.2) is 24.3 Å². The first kappa shape index (κ1) is 11.6. The third kappa shape index (κ3) is 3.03. The number of halogens is 1. The van der Waals surface area contributed by atoms with Crippen LogP contribution in [0.4, 0.5) is 4.39 Å². The molecule has 0 aliphatic carbocycles. The molecule has 2 nitrogen and oxygen atoms in total. The highest BCUT2D eigenvalue weighted by atomic mass is 19.1. The number of hydrogen-bond donors (Lipinski definition) is 2. The second-order valence-corrected chi connectivity index (χ2v) is 4.49. The van der Waals surface area contributed by atoms with Gasteiger partial charge in [-0.1, -0.05) is 12.1 Å². The van der Waals surface area contributed by atoms with Crippen LogP contribution in [0.1, 0.15) is 18.4 Å². The molecule has 2 unspecified atom stereocenters. The summed E-state index contributed by atoms with van der Waals surface area (Å²) in [5, 5.41) is 6.79. The molecule has 1 fully saturated rings. The Balaban J connectivity index is 1.77. The third-order valence-corrected chi connectivity index (χ3v) is 3.32. The van der Waals surface area contributed by atoms with Crippen LogP contribution >= 0.6 is 0 Å². The maximum atomic E-state index is 12.7. The van der Waals surface area contributed by atoms with E-state index in [1.807, 2.05) is 19.2 Å². The fourth-order valence-electron chi connectivity index (χ4n) is 2.25. The van der Waals surface area contributed by atoms with Gasteiger partial charge in [0.05, 0.1) is 0 Å². The SMILES string of the molecule is CNC1CNC(CCc2ccc(F)cc2)C1. The zero-order valence-electron chi connectivity index (χ0n) is 9.67. The molecule has 2 atom stereocenters. The number of likely N-dealkylation sites (N-methyl/N-ethyl adjacent to an activating group) is 1. The molecule has 1 aromatic carbocycles. The van der Waals surface area contributed by atoms with Crippen LogP contribution in [0.3, 0.4) is 0 Å². The zero-order valence-corrected chi connectivity index (χ0v) is 9.67. The van der Waals surface area contributed by atoms with E-state index in [9.17, 15) is 4.39 Å². The van der Waals surface area contributed by atoms with Crippen LogP contribution < -0.4 is 10.6 Å². The van der Waals surface area contributed by atoms with Gasteiger partial charge in [0.15, 0.2) is 0 Å². The first-order chi connectivity index (χ1) is 7.78. The third-order valence-electron chi connectivity index (χ3n) is 3.32. The summed E-state index contributed by atoms with van der Waals surface area (Å²) in [5.74, 6) is -0.155. The molecule has 0 radical (unpaired) electrons. The van der Waals surface area contributed by atoms with E-state index in [4.69, 9.17) is 0 Å². The number of rotatable bonds is 4. The van der Waals surface area contributed by atoms with Gasteiger partial charge >= 0.3 is 0 Å². The minimum Gasteiger partial charge on any atom is -0.316 e. The Labute approximate surface area is 96.2 Å². The van der Waals surface area contributed by atoms with E-state index in [2.05, 4.69) is 10.6 Å². The Kier molecular flexibility index (Phi) is 3.91. The number of benzene rings is 1. The molecule has 2 rings (SSSR count). The first-order valence-electron chi connectivity index (χ1n) is 5.93. The normalized spacial score (nSPS) is 24.9. The van der Waals surface area contributed by atoms with Gasteiger partial charge in [-0.25, -0.2) is 4.39 Å². The number of hydrogen-bond acceptors (Lipinski definition) is 2. The maximum absolute atomic E-state index is 12.7. The molecule has 0 bridgehead atoms. The summed E-state index contributed by atoms with van der Waals surface area (Å²) in [6, 6.07) is 8.03. The van der Waals surface area contributed by atoms with E-state index in [1.54, 1.807) is 0 Å². The van der Waals surface area contributed by atoms with E-state index in [-0.39, 0.29) is 5.82 Å². The molecular weight excluding hydrogens is 203 g/mol. The summed E-state index contributed by atoms with van der Waals surface area (Å²) in [5.41, 5.74) is 1.22. The fraction of sp³-hybridized carbons (Fsp3) is 0.538. The van der Waals surface area contributed by atoms with E-state index >= 15 is 0 Å². The summed E-state index contributed by atoms with van der Waals surface area (Å²) in [7, 11) is 2.01. The monoisotopic (exact) mass is 222 g/mol. The Morgan fingerprint density at radius 3 is 2.75 bits per heavy atom. The van der Waals surface area contributed by atoms with Gasteiger partial charge in [-0.3, -0.25) is 0 Å².